The monoisotopic (exact) mass is 280 g/mol. The molecule has 0 fully saturated rings. The Morgan fingerprint density at radius 3 is 2.30 bits per heavy atom. The van der Waals surface area contributed by atoms with Crippen LogP contribution < -0.4 is 0 Å². The van der Waals surface area contributed by atoms with Crippen molar-refractivity contribution >= 4 is 5.97 Å². The summed E-state index contributed by atoms with van der Waals surface area (Å²) in [5.74, 6) is -0.829. The molecule has 0 aromatic heterocycles. The van der Waals surface area contributed by atoms with E-state index in [9.17, 15) is 15.0 Å². The topological polar surface area (TPSA) is 66.8 Å². The van der Waals surface area contributed by atoms with Crippen molar-refractivity contribution in [3.8, 4) is 5.75 Å². The van der Waals surface area contributed by atoms with E-state index < -0.39 is 11.5 Å². The Morgan fingerprint density at radius 2 is 1.85 bits per heavy atom. The molecule has 0 saturated carbocycles. The van der Waals surface area contributed by atoms with E-state index in [1.807, 2.05) is 13.8 Å². The summed E-state index contributed by atoms with van der Waals surface area (Å²) in [5.41, 5.74) is -0.639. The fourth-order valence-corrected chi connectivity index (χ4v) is 2.48. The maximum absolute atomic E-state index is 12.1. The van der Waals surface area contributed by atoms with Gasteiger partial charge in [-0.1, -0.05) is 32.4 Å². The van der Waals surface area contributed by atoms with Crippen LogP contribution in [0, 0.1) is 5.92 Å². The van der Waals surface area contributed by atoms with Gasteiger partial charge in [-0.25, -0.2) is 0 Å². The number of carbonyl (C=O) groups is 1. The molecule has 4 nitrogen and oxygen atoms in total. The third-order valence-corrected chi connectivity index (χ3v) is 3.63. The lowest BCUT2D eigenvalue weighted by Gasteiger charge is -2.34. The van der Waals surface area contributed by atoms with Gasteiger partial charge in [0.1, 0.15) is 11.4 Å². The van der Waals surface area contributed by atoms with Crippen LogP contribution >= 0.6 is 0 Å². The summed E-state index contributed by atoms with van der Waals surface area (Å²) < 4.78 is 5.10. The Hall–Kier alpha value is -1.55. The SMILES string of the molecule is CCCC(C(=O)OCC)C(O)(CC)c1ccc(O)cc1. The minimum absolute atomic E-state index is 0.135. The first kappa shape index (κ1) is 16.5. The fraction of sp³-hybridized carbons (Fsp3) is 0.562. The van der Waals surface area contributed by atoms with Gasteiger partial charge in [0, 0.05) is 0 Å². The summed E-state index contributed by atoms with van der Waals surface area (Å²) in [7, 11) is 0. The van der Waals surface area contributed by atoms with Crippen LogP contribution in [-0.4, -0.2) is 22.8 Å². The van der Waals surface area contributed by atoms with E-state index in [-0.39, 0.29) is 11.7 Å². The number of aliphatic hydroxyl groups is 1. The minimum atomic E-state index is -1.27. The Balaban J connectivity index is 3.15. The van der Waals surface area contributed by atoms with Gasteiger partial charge >= 0.3 is 5.97 Å². The largest absolute Gasteiger partial charge is 0.508 e. The van der Waals surface area contributed by atoms with Gasteiger partial charge in [-0.2, -0.15) is 0 Å². The average Bonchev–Trinajstić information content (AvgIpc) is 2.45. The van der Waals surface area contributed by atoms with Gasteiger partial charge in [-0.3, -0.25) is 4.79 Å². The second-order valence-electron chi connectivity index (χ2n) is 4.92. The van der Waals surface area contributed by atoms with E-state index in [2.05, 4.69) is 0 Å². The number of esters is 1. The predicted molar refractivity (Wildman–Crippen MR) is 77.3 cm³/mol. The molecule has 1 aromatic carbocycles. The molecule has 2 unspecified atom stereocenters. The van der Waals surface area contributed by atoms with Crippen molar-refractivity contribution in [2.75, 3.05) is 6.61 Å². The second kappa shape index (κ2) is 7.29. The number of phenols is 1. The lowest BCUT2D eigenvalue weighted by molar-refractivity contribution is -0.160. The summed E-state index contributed by atoms with van der Waals surface area (Å²) in [6, 6.07) is 6.34. The molecule has 112 valence electrons. The third-order valence-electron chi connectivity index (χ3n) is 3.63. The first-order valence-electron chi connectivity index (χ1n) is 7.18. The molecule has 0 bridgehead atoms. The van der Waals surface area contributed by atoms with E-state index in [0.717, 1.165) is 6.42 Å². The molecular formula is C16H24O4. The molecule has 0 aliphatic heterocycles. The zero-order valence-electron chi connectivity index (χ0n) is 12.4. The summed E-state index contributed by atoms with van der Waals surface area (Å²) in [6.07, 6.45) is 1.75. The van der Waals surface area contributed by atoms with Crippen LogP contribution in [-0.2, 0) is 15.1 Å². The van der Waals surface area contributed by atoms with Gasteiger partial charge in [0.2, 0.25) is 0 Å². The van der Waals surface area contributed by atoms with Crippen molar-refractivity contribution in [2.45, 2.75) is 45.6 Å². The predicted octanol–water partition coefficient (Wildman–Crippen LogP) is 2.97. The van der Waals surface area contributed by atoms with Crippen molar-refractivity contribution in [3.05, 3.63) is 29.8 Å². The standard InChI is InChI=1S/C16H24O4/c1-4-7-14(15(18)20-6-3)16(19,5-2)12-8-10-13(17)11-9-12/h8-11,14,17,19H,4-7H2,1-3H3. The number of phenolic OH excluding ortho intramolecular Hbond substituents is 1. The van der Waals surface area contributed by atoms with Crippen molar-refractivity contribution < 1.29 is 19.7 Å². The molecule has 0 saturated heterocycles. The van der Waals surface area contributed by atoms with Gasteiger partial charge < -0.3 is 14.9 Å². The molecule has 0 heterocycles. The van der Waals surface area contributed by atoms with Gasteiger partial charge in [0.25, 0.3) is 0 Å². The quantitative estimate of drug-likeness (QED) is 0.754. The number of rotatable bonds is 7. The van der Waals surface area contributed by atoms with Crippen LogP contribution in [0.2, 0.25) is 0 Å². The highest BCUT2D eigenvalue weighted by atomic mass is 16.5. The van der Waals surface area contributed by atoms with Crippen molar-refractivity contribution in [1.82, 2.24) is 0 Å². The highest BCUT2D eigenvalue weighted by Crippen LogP contribution is 2.37. The number of hydrogen-bond donors (Lipinski definition) is 2. The van der Waals surface area contributed by atoms with Gasteiger partial charge in [-0.05, 0) is 37.5 Å². The number of carbonyl (C=O) groups excluding carboxylic acids is 1. The molecule has 0 amide bonds. The lowest BCUT2D eigenvalue weighted by atomic mass is 9.77. The van der Waals surface area contributed by atoms with Gasteiger partial charge in [0.15, 0.2) is 0 Å². The van der Waals surface area contributed by atoms with E-state index in [4.69, 9.17) is 4.74 Å². The van der Waals surface area contributed by atoms with E-state index >= 15 is 0 Å². The molecule has 0 radical (unpaired) electrons. The number of benzene rings is 1. The fourth-order valence-electron chi connectivity index (χ4n) is 2.48. The summed E-state index contributed by atoms with van der Waals surface area (Å²) in [6.45, 7) is 5.87. The summed E-state index contributed by atoms with van der Waals surface area (Å²) in [5, 5.41) is 20.3. The number of ether oxygens (including phenoxy) is 1. The number of aromatic hydroxyl groups is 1. The molecule has 1 aromatic rings. The molecule has 20 heavy (non-hydrogen) atoms. The highest BCUT2D eigenvalue weighted by Gasteiger charge is 2.41. The third kappa shape index (κ3) is 3.51. The van der Waals surface area contributed by atoms with Crippen molar-refractivity contribution in [3.63, 3.8) is 0 Å². The zero-order chi connectivity index (χ0) is 15.2. The maximum Gasteiger partial charge on any atom is 0.312 e. The Labute approximate surface area is 120 Å². The normalized spacial score (nSPS) is 15.4. The molecule has 2 N–H and O–H groups in total. The smallest absolute Gasteiger partial charge is 0.312 e. The minimum Gasteiger partial charge on any atom is -0.508 e. The Bertz CT molecular complexity index is 427. The first-order chi connectivity index (χ1) is 9.49. The van der Waals surface area contributed by atoms with Gasteiger partial charge in [0.05, 0.1) is 12.5 Å². The first-order valence-corrected chi connectivity index (χ1v) is 7.18. The van der Waals surface area contributed by atoms with E-state index in [1.54, 1.807) is 19.1 Å². The highest BCUT2D eigenvalue weighted by molar-refractivity contribution is 5.74. The molecule has 0 aliphatic carbocycles. The van der Waals surface area contributed by atoms with E-state index in [0.29, 0.717) is 25.0 Å². The van der Waals surface area contributed by atoms with Crippen LogP contribution in [0.3, 0.4) is 0 Å². The summed E-state index contributed by atoms with van der Waals surface area (Å²) in [4.78, 5) is 12.1. The van der Waals surface area contributed by atoms with E-state index in [1.165, 1.54) is 12.1 Å². The van der Waals surface area contributed by atoms with Crippen LogP contribution in [0.1, 0.15) is 45.6 Å². The zero-order valence-corrected chi connectivity index (χ0v) is 12.4. The molecule has 2 atom stereocenters. The Kier molecular flexibility index (Phi) is 6.02. The van der Waals surface area contributed by atoms with Crippen LogP contribution in [0.5, 0.6) is 5.75 Å². The van der Waals surface area contributed by atoms with Crippen molar-refractivity contribution in [1.29, 1.82) is 0 Å². The molecule has 0 aliphatic rings. The average molecular weight is 280 g/mol. The maximum atomic E-state index is 12.1. The van der Waals surface area contributed by atoms with Crippen LogP contribution in [0.4, 0.5) is 0 Å². The van der Waals surface area contributed by atoms with Crippen LogP contribution in [0.15, 0.2) is 24.3 Å². The van der Waals surface area contributed by atoms with Gasteiger partial charge in [-0.15, -0.1) is 0 Å². The molecule has 4 heteroatoms. The molecule has 1 rings (SSSR count). The summed E-state index contributed by atoms with van der Waals surface area (Å²) >= 11 is 0. The second-order valence-corrected chi connectivity index (χ2v) is 4.92. The van der Waals surface area contributed by atoms with Crippen LogP contribution in [0.25, 0.3) is 0 Å². The lowest BCUT2D eigenvalue weighted by Crippen LogP contribution is -2.40. The molecule has 0 spiro atoms. The number of hydrogen-bond acceptors (Lipinski definition) is 4. The molecular weight excluding hydrogens is 256 g/mol. The Morgan fingerprint density at radius 1 is 1.25 bits per heavy atom. The van der Waals surface area contributed by atoms with Crippen molar-refractivity contribution in [2.24, 2.45) is 5.92 Å².